The summed E-state index contributed by atoms with van der Waals surface area (Å²) in [4.78, 5) is 12.3. The van der Waals surface area contributed by atoms with Gasteiger partial charge in [-0.1, -0.05) is 5.16 Å². The van der Waals surface area contributed by atoms with Crippen molar-refractivity contribution in [3.8, 4) is 0 Å². The lowest BCUT2D eigenvalue weighted by atomic mass is 10.1. The molecule has 0 saturated heterocycles. The number of nitrogens with zero attached hydrogens (tertiary/aromatic N) is 3. The van der Waals surface area contributed by atoms with Gasteiger partial charge in [0, 0.05) is 18.9 Å². The van der Waals surface area contributed by atoms with Crippen molar-refractivity contribution in [3.05, 3.63) is 59.6 Å². The second-order valence-corrected chi connectivity index (χ2v) is 4.93. The minimum atomic E-state index is -0.222. The molecule has 1 N–H and O–H groups in total. The summed E-state index contributed by atoms with van der Waals surface area (Å²) >= 11 is 0. The van der Waals surface area contributed by atoms with Crippen molar-refractivity contribution in [1.82, 2.24) is 20.3 Å². The van der Waals surface area contributed by atoms with Crippen molar-refractivity contribution in [2.75, 3.05) is 6.54 Å². The largest absolute Gasteiger partial charge is 0.467 e. The smallest absolute Gasteiger partial charge is 0.256 e. The van der Waals surface area contributed by atoms with E-state index in [0.29, 0.717) is 23.6 Å². The third-order valence-electron chi connectivity index (χ3n) is 3.43. The maximum atomic E-state index is 12.3. The van der Waals surface area contributed by atoms with Crippen LogP contribution in [0.4, 0.5) is 0 Å². The zero-order chi connectivity index (χ0) is 15.5. The minimum Gasteiger partial charge on any atom is -0.467 e. The van der Waals surface area contributed by atoms with Crippen molar-refractivity contribution in [3.63, 3.8) is 0 Å². The highest BCUT2D eigenvalue weighted by Crippen LogP contribution is 2.18. The van der Waals surface area contributed by atoms with Crippen LogP contribution in [0.1, 0.15) is 33.6 Å². The lowest BCUT2D eigenvalue weighted by Crippen LogP contribution is -2.32. The first-order chi connectivity index (χ1) is 10.7. The molecule has 0 aliphatic carbocycles. The summed E-state index contributed by atoms with van der Waals surface area (Å²) in [6.45, 7) is 3.80. The molecule has 0 fully saturated rings. The summed E-state index contributed by atoms with van der Waals surface area (Å²) < 4.78 is 12.2. The first kappa shape index (κ1) is 14.1. The van der Waals surface area contributed by atoms with Crippen molar-refractivity contribution < 1.29 is 13.7 Å². The Kier molecular flexibility index (Phi) is 3.78. The second kappa shape index (κ2) is 5.88. The molecular weight excluding hydrogens is 284 g/mol. The summed E-state index contributed by atoms with van der Waals surface area (Å²) in [5.74, 6) is 1.01. The molecule has 7 heteroatoms. The van der Waals surface area contributed by atoms with Gasteiger partial charge >= 0.3 is 0 Å². The minimum absolute atomic E-state index is 0.213. The molecule has 0 aliphatic heterocycles. The number of hydrogen-bond donors (Lipinski definition) is 1. The van der Waals surface area contributed by atoms with Crippen LogP contribution in [0.3, 0.4) is 0 Å². The van der Waals surface area contributed by atoms with Crippen molar-refractivity contribution in [2.45, 2.75) is 19.9 Å². The van der Waals surface area contributed by atoms with Gasteiger partial charge in [-0.15, -0.1) is 0 Å². The molecule has 114 valence electrons. The summed E-state index contributed by atoms with van der Waals surface area (Å²) in [5.41, 5.74) is 1.04. The Labute approximate surface area is 126 Å². The van der Waals surface area contributed by atoms with Gasteiger partial charge in [0.25, 0.3) is 5.91 Å². The monoisotopic (exact) mass is 300 g/mol. The maximum Gasteiger partial charge on any atom is 0.256 e. The first-order valence-corrected chi connectivity index (χ1v) is 6.90. The van der Waals surface area contributed by atoms with Crippen LogP contribution < -0.4 is 5.32 Å². The molecule has 3 aromatic rings. The summed E-state index contributed by atoms with van der Waals surface area (Å²) in [6, 6.07) is 5.28. The summed E-state index contributed by atoms with van der Waals surface area (Å²) in [6.07, 6.45) is 5.11. The lowest BCUT2D eigenvalue weighted by Gasteiger charge is -2.16. The Morgan fingerprint density at radius 1 is 1.41 bits per heavy atom. The van der Waals surface area contributed by atoms with Crippen molar-refractivity contribution in [1.29, 1.82) is 0 Å². The fourth-order valence-electron chi connectivity index (χ4n) is 2.36. The van der Waals surface area contributed by atoms with Gasteiger partial charge in [-0.3, -0.25) is 9.48 Å². The van der Waals surface area contributed by atoms with Crippen LogP contribution in [-0.4, -0.2) is 27.4 Å². The van der Waals surface area contributed by atoms with Crippen LogP contribution >= 0.6 is 0 Å². The number of furan rings is 1. The predicted molar refractivity (Wildman–Crippen MR) is 77.4 cm³/mol. The van der Waals surface area contributed by atoms with Crippen molar-refractivity contribution in [2.24, 2.45) is 0 Å². The Morgan fingerprint density at radius 3 is 2.86 bits per heavy atom. The molecule has 1 unspecified atom stereocenters. The highest BCUT2D eigenvalue weighted by molar-refractivity contribution is 5.96. The third kappa shape index (κ3) is 2.65. The Bertz CT molecular complexity index is 690. The molecule has 0 aliphatic rings. The molecule has 0 spiro atoms. The number of aryl methyl sites for hydroxylation is 2. The zero-order valence-electron chi connectivity index (χ0n) is 12.3. The fraction of sp³-hybridized carbons (Fsp3) is 0.267. The number of amides is 1. The summed E-state index contributed by atoms with van der Waals surface area (Å²) in [7, 11) is 0. The van der Waals surface area contributed by atoms with Gasteiger partial charge in [-0.25, -0.2) is 0 Å². The predicted octanol–water partition coefficient (Wildman–Crippen LogP) is 2.10. The topological polar surface area (TPSA) is 86.1 Å². The Balaban J connectivity index is 1.77. The van der Waals surface area contributed by atoms with Gasteiger partial charge in [-0.2, -0.15) is 5.10 Å². The van der Waals surface area contributed by atoms with Gasteiger partial charge in [-0.05, 0) is 32.0 Å². The van der Waals surface area contributed by atoms with Crippen LogP contribution in [0.5, 0.6) is 0 Å². The molecule has 0 aromatic carbocycles. The maximum absolute atomic E-state index is 12.3. The number of carbonyl (C=O) groups excluding carboxylic acids is 1. The van der Waals surface area contributed by atoms with E-state index in [4.69, 9.17) is 8.94 Å². The van der Waals surface area contributed by atoms with E-state index in [1.807, 2.05) is 24.4 Å². The molecule has 22 heavy (non-hydrogen) atoms. The molecule has 1 atom stereocenters. The average Bonchev–Trinajstić information content (AvgIpc) is 3.22. The van der Waals surface area contributed by atoms with Crippen LogP contribution in [0, 0.1) is 13.8 Å². The number of nitrogens with one attached hydrogen (secondary N) is 1. The second-order valence-electron chi connectivity index (χ2n) is 4.93. The molecule has 0 saturated carbocycles. The quantitative estimate of drug-likeness (QED) is 0.779. The number of rotatable bonds is 5. The molecule has 0 radical (unpaired) electrons. The molecule has 0 bridgehead atoms. The van der Waals surface area contributed by atoms with E-state index in [2.05, 4.69) is 15.6 Å². The van der Waals surface area contributed by atoms with Gasteiger partial charge in [0.1, 0.15) is 23.1 Å². The van der Waals surface area contributed by atoms with Crippen LogP contribution in [0.25, 0.3) is 0 Å². The summed E-state index contributed by atoms with van der Waals surface area (Å²) in [5, 5.41) is 10.9. The van der Waals surface area contributed by atoms with E-state index in [-0.39, 0.29) is 11.9 Å². The Hall–Kier alpha value is -2.83. The van der Waals surface area contributed by atoms with E-state index in [9.17, 15) is 4.79 Å². The SMILES string of the molecule is Cc1noc(C)c1C(=O)NCC(c1ccco1)n1cccn1. The number of carbonyl (C=O) groups is 1. The highest BCUT2D eigenvalue weighted by atomic mass is 16.5. The normalized spacial score (nSPS) is 12.3. The third-order valence-corrected chi connectivity index (χ3v) is 3.43. The van der Waals surface area contributed by atoms with E-state index >= 15 is 0 Å². The number of aromatic nitrogens is 3. The molecule has 3 heterocycles. The highest BCUT2D eigenvalue weighted by Gasteiger charge is 2.21. The van der Waals surface area contributed by atoms with Gasteiger partial charge in [0.15, 0.2) is 0 Å². The fourth-order valence-corrected chi connectivity index (χ4v) is 2.36. The van der Waals surface area contributed by atoms with Crippen molar-refractivity contribution >= 4 is 5.91 Å². The number of hydrogen-bond acceptors (Lipinski definition) is 5. The van der Waals surface area contributed by atoms with E-state index < -0.39 is 0 Å². The van der Waals surface area contributed by atoms with E-state index in [1.165, 1.54) is 0 Å². The first-order valence-electron chi connectivity index (χ1n) is 6.90. The molecule has 3 rings (SSSR count). The van der Waals surface area contributed by atoms with Gasteiger partial charge in [0.05, 0.1) is 12.0 Å². The molecular formula is C15H16N4O3. The standard InChI is InChI=1S/C15H16N4O3/c1-10-14(11(2)22-18-10)15(20)16-9-12(13-5-3-8-21-13)19-7-4-6-17-19/h3-8,12H,9H2,1-2H3,(H,16,20). The lowest BCUT2D eigenvalue weighted by molar-refractivity contribution is 0.0946. The molecule has 7 nitrogen and oxygen atoms in total. The molecule has 3 aromatic heterocycles. The van der Waals surface area contributed by atoms with Gasteiger partial charge < -0.3 is 14.3 Å². The van der Waals surface area contributed by atoms with Crippen LogP contribution in [-0.2, 0) is 0 Å². The van der Waals surface area contributed by atoms with Crippen LogP contribution in [0.2, 0.25) is 0 Å². The van der Waals surface area contributed by atoms with Gasteiger partial charge in [0.2, 0.25) is 0 Å². The van der Waals surface area contributed by atoms with E-state index in [1.54, 1.807) is 31.0 Å². The van der Waals surface area contributed by atoms with Crippen LogP contribution in [0.15, 0.2) is 45.8 Å². The molecule has 1 amide bonds. The van der Waals surface area contributed by atoms with E-state index in [0.717, 1.165) is 5.76 Å². The zero-order valence-corrected chi connectivity index (χ0v) is 12.3. The average molecular weight is 300 g/mol. The Morgan fingerprint density at radius 2 is 2.27 bits per heavy atom.